The summed E-state index contributed by atoms with van der Waals surface area (Å²) in [6.45, 7) is 1.98. The van der Waals surface area contributed by atoms with E-state index in [0.29, 0.717) is 0 Å². The molecule has 0 saturated carbocycles. The van der Waals surface area contributed by atoms with Gasteiger partial charge in [0.15, 0.2) is 0 Å². The molecule has 0 bridgehead atoms. The number of nitrogens with two attached hydrogens (primary N) is 2. The summed E-state index contributed by atoms with van der Waals surface area (Å²) in [6, 6.07) is 0. The highest BCUT2D eigenvalue weighted by molar-refractivity contribution is 5.16. The highest BCUT2D eigenvalue weighted by atomic mass is 14.8. The molecule has 1 rings (SSSR count). The fraction of sp³-hybridized carbons (Fsp3) is 0.714. The van der Waals surface area contributed by atoms with Gasteiger partial charge in [0.2, 0.25) is 0 Å². The average molecular weight is 126 g/mol. The third-order valence-electron chi connectivity index (χ3n) is 1.92. The zero-order valence-electron chi connectivity index (χ0n) is 5.85. The lowest BCUT2D eigenvalue weighted by molar-refractivity contribution is 0.458. The van der Waals surface area contributed by atoms with Crippen molar-refractivity contribution < 1.29 is 0 Å². The molecule has 0 fully saturated rings. The molecular weight excluding hydrogens is 112 g/mol. The van der Waals surface area contributed by atoms with Crippen molar-refractivity contribution in [2.45, 2.75) is 31.7 Å². The Morgan fingerprint density at radius 2 is 2.33 bits per heavy atom. The number of hydrogen-bond donors (Lipinski definition) is 2. The molecule has 0 aromatic carbocycles. The maximum atomic E-state index is 5.83. The van der Waals surface area contributed by atoms with Crippen molar-refractivity contribution in [1.82, 2.24) is 0 Å². The normalized spacial score (nSPS) is 36.0. The predicted molar refractivity (Wildman–Crippen MR) is 38.7 cm³/mol. The summed E-state index contributed by atoms with van der Waals surface area (Å²) in [5.41, 5.74) is 12.1. The molecule has 0 radical (unpaired) electrons. The van der Waals surface area contributed by atoms with Crippen molar-refractivity contribution in [3.63, 3.8) is 0 Å². The third-order valence-corrected chi connectivity index (χ3v) is 1.92. The van der Waals surface area contributed by atoms with Crippen LogP contribution in [0.3, 0.4) is 0 Å². The Labute approximate surface area is 55.9 Å². The van der Waals surface area contributed by atoms with Gasteiger partial charge >= 0.3 is 0 Å². The van der Waals surface area contributed by atoms with Crippen molar-refractivity contribution in [3.8, 4) is 0 Å². The topological polar surface area (TPSA) is 52.0 Å². The molecule has 0 heterocycles. The van der Waals surface area contributed by atoms with Gasteiger partial charge in [0.25, 0.3) is 0 Å². The van der Waals surface area contributed by atoms with Gasteiger partial charge in [-0.25, -0.2) is 0 Å². The van der Waals surface area contributed by atoms with E-state index in [9.17, 15) is 0 Å². The fourth-order valence-corrected chi connectivity index (χ4v) is 1.10. The minimum Gasteiger partial charge on any atom is -0.401 e. The smallest absolute Gasteiger partial charge is 0.0524 e. The van der Waals surface area contributed by atoms with E-state index in [0.717, 1.165) is 18.5 Å². The van der Waals surface area contributed by atoms with Gasteiger partial charge in [-0.2, -0.15) is 0 Å². The van der Waals surface area contributed by atoms with E-state index in [-0.39, 0.29) is 5.54 Å². The molecular formula is C7H14N2. The Kier molecular flexibility index (Phi) is 1.49. The lowest BCUT2D eigenvalue weighted by Crippen LogP contribution is -2.43. The molecule has 2 nitrogen and oxygen atoms in total. The van der Waals surface area contributed by atoms with Gasteiger partial charge in [0.05, 0.1) is 5.54 Å². The van der Waals surface area contributed by atoms with Crippen LogP contribution in [0.25, 0.3) is 0 Å². The van der Waals surface area contributed by atoms with E-state index >= 15 is 0 Å². The summed E-state index contributed by atoms with van der Waals surface area (Å²) < 4.78 is 0. The van der Waals surface area contributed by atoms with Gasteiger partial charge in [0, 0.05) is 5.70 Å². The lowest BCUT2D eigenvalue weighted by atomic mass is 9.87. The summed E-state index contributed by atoms with van der Waals surface area (Å²) in [5.74, 6) is 0. The molecule has 52 valence electrons. The maximum absolute atomic E-state index is 5.83. The van der Waals surface area contributed by atoms with Crippen molar-refractivity contribution in [2.24, 2.45) is 11.5 Å². The van der Waals surface area contributed by atoms with Gasteiger partial charge in [0.1, 0.15) is 0 Å². The Morgan fingerprint density at radius 3 is 2.67 bits per heavy atom. The standard InChI is InChI=1S/C7H14N2/c1-7(9)5-3-2-4-6(7)8/h4H,2-3,5,8-9H2,1H3. The van der Waals surface area contributed by atoms with Gasteiger partial charge < -0.3 is 11.5 Å². The van der Waals surface area contributed by atoms with E-state index < -0.39 is 0 Å². The Hall–Kier alpha value is -0.500. The Balaban J connectivity index is 2.73. The van der Waals surface area contributed by atoms with Gasteiger partial charge in [-0.15, -0.1) is 0 Å². The van der Waals surface area contributed by atoms with Crippen LogP contribution in [0.5, 0.6) is 0 Å². The van der Waals surface area contributed by atoms with Crippen molar-refractivity contribution >= 4 is 0 Å². The second-order valence-corrected chi connectivity index (χ2v) is 2.97. The largest absolute Gasteiger partial charge is 0.401 e. The van der Waals surface area contributed by atoms with Crippen LogP contribution in [0, 0.1) is 0 Å². The SMILES string of the molecule is CC1(N)CCCC=C1N. The molecule has 0 aromatic heterocycles. The summed E-state index contributed by atoms with van der Waals surface area (Å²) in [4.78, 5) is 0. The molecule has 1 aliphatic rings. The van der Waals surface area contributed by atoms with Crippen molar-refractivity contribution in [3.05, 3.63) is 11.8 Å². The number of hydrogen-bond acceptors (Lipinski definition) is 2. The van der Waals surface area contributed by atoms with Crippen molar-refractivity contribution in [2.75, 3.05) is 0 Å². The number of allylic oxidation sites excluding steroid dienone is 1. The van der Waals surface area contributed by atoms with Crippen LogP contribution in [0.4, 0.5) is 0 Å². The average Bonchev–Trinajstić information content (AvgIpc) is 1.77. The van der Waals surface area contributed by atoms with Crippen molar-refractivity contribution in [1.29, 1.82) is 0 Å². The number of rotatable bonds is 0. The van der Waals surface area contributed by atoms with Crippen LogP contribution in [0.15, 0.2) is 11.8 Å². The van der Waals surface area contributed by atoms with E-state index in [1.54, 1.807) is 0 Å². The molecule has 1 atom stereocenters. The van der Waals surface area contributed by atoms with Crippen LogP contribution in [-0.4, -0.2) is 5.54 Å². The fourth-order valence-electron chi connectivity index (χ4n) is 1.10. The summed E-state index contributed by atoms with van der Waals surface area (Å²) in [7, 11) is 0. The molecule has 2 heteroatoms. The third kappa shape index (κ3) is 1.24. The van der Waals surface area contributed by atoms with Gasteiger partial charge in [-0.3, -0.25) is 0 Å². The lowest BCUT2D eigenvalue weighted by Gasteiger charge is -2.28. The molecule has 0 aromatic rings. The zero-order valence-corrected chi connectivity index (χ0v) is 5.85. The van der Waals surface area contributed by atoms with E-state index in [1.165, 1.54) is 6.42 Å². The van der Waals surface area contributed by atoms with E-state index in [2.05, 4.69) is 0 Å². The molecule has 1 unspecified atom stereocenters. The molecule has 4 N–H and O–H groups in total. The minimum absolute atomic E-state index is 0.224. The monoisotopic (exact) mass is 126 g/mol. The quantitative estimate of drug-likeness (QED) is 0.502. The molecule has 9 heavy (non-hydrogen) atoms. The van der Waals surface area contributed by atoms with Crippen LogP contribution < -0.4 is 11.5 Å². The molecule has 0 spiro atoms. The first kappa shape index (κ1) is 6.62. The summed E-state index contributed by atoms with van der Waals surface area (Å²) in [5, 5.41) is 0. The second kappa shape index (κ2) is 2.03. The van der Waals surface area contributed by atoms with Gasteiger partial charge in [-0.1, -0.05) is 6.08 Å². The van der Waals surface area contributed by atoms with Gasteiger partial charge in [-0.05, 0) is 26.2 Å². The predicted octanol–water partition coefficient (Wildman–Crippen LogP) is 0.730. The molecule has 0 amide bonds. The van der Waals surface area contributed by atoms with E-state index in [4.69, 9.17) is 11.5 Å². The summed E-state index contributed by atoms with van der Waals surface area (Å²) in [6.07, 6.45) is 5.32. The van der Waals surface area contributed by atoms with Crippen LogP contribution in [0.1, 0.15) is 26.2 Å². The van der Waals surface area contributed by atoms with Crippen LogP contribution >= 0.6 is 0 Å². The zero-order chi connectivity index (χ0) is 6.91. The second-order valence-electron chi connectivity index (χ2n) is 2.97. The molecule has 1 aliphatic carbocycles. The van der Waals surface area contributed by atoms with E-state index in [1.807, 2.05) is 13.0 Å². The maximum Gasteiger partial charge on any atom is 0.0524 e. The highest BCUT2D eigenvalue weighted by Gasteiger charge is 2.23. The summed E-state index contributed by atoms with van der Waals surface area (Å²) >= 11 is 0. The first-order valence-corrected chi connectivity index (χ1v) is 3.38. The van der Waals surface area contributed by atoms with Crippen LogP contribution in [0.2, 0.25) is 0 Å². The Bertz CT molecular complexity index is 136. The Morgan fingerprint density at radius 1 is 1.67 bits per heavy atom. The first-order valence-electron chi connectivity index (χ1n) is 3.38. The first-order chi connectivity index (χ1) is 4.13. The van der Waals surface area contributed by atoms with Crippen LogP contribution in [-0.2, 0) is 0 Å². The highest BCUT2D eigenvalue weighted by Crippen LogP contribution is 2.22. The molecule has 0 aliphatic heterocycles. The minimum atomic E-state index is -0.224. The molecule has 0 saturated heterocycles.